The van der Waals surface area contributed by atoms with Crippen LogP contribution >= 0.6 is 0 Å². The van der Waals surface area contributed by atoms with Gasteiger partial charge in [-0.1, -0.05) is 0 Å². The second-order valence-electron chi connectivity index (χ2n) is 5.36. The molecule has 2 heterocycles. The van der Waals surface area contributed by atoms with E-state index in [1.54, 1.807) is 21.1 Å². The quantitative estimate of drug-likeness (QED) is 0.942. The van der Waals surface area contributed by atoms with Crippen molar-refractivity contribution < 1.29 is 14.3 Å². The number of rotatable bonds is 3. The Kier molecular flexibility index (Phi) is 3.59. The van der Waals surface area contributed by atoms with Crippen molar-refractivity contribution in [3.05, 3.63) is 29.5 Å². The Morgan fingerprint density at radius 3 is 2.90 bits per heavy atom. The summed E-state index contributed by atoms with van der Waals surface area (Å²) in [6, 6.07) is 5.97. The summed E-state index contributed by atoms with van der Waals surface area (Å²) in [5, 5.41) is 1.17. The molecule has 1 N–H and O–H groups in total. The summed E-state index contributed by atoms with van der Waals surface area (Å²) >= 11 is 0. The van der Waals surface area contributed by atoms with Gasteiger partial charge in [-0.25, -0.2) is 0 Å². The first-order valence-electron chi connectivity index (χ1n) is 7.10. The molecule has 3 rings (SSSR count). The van der Waals surface area contributed by atoms with Crippen LogP contribution in [0.2, 0.25) is 0 Å². The molecule has 0 spiro atoms. The average molecular weight is 288 g/mol. The van der Waals surface area contributed by atoms with Gasteiger partial charge in [0.05, 0.1) is 19.8 Å². The third-order valence-corrected chi connectivity index (χ3v) is 4.19. The highest BCUT2D eigenvalue weighted by Crippen LogP contribution is 2.36. The first-order chi connectivity index (χ1) is 10.2. The fraction of sp³-hybridized carbons (Fsp3) is 0.438. The van der Waals surface area contributed by atoms with Crippen molar-refractivity contribution in [1.29, 1.82) is 0 Å². The van der Waals surface area contributed by atoms with Crippen LogP contribution in [-0.4, -0.2) is 43.2 Å². The zero-order valence-electron chi connectivity index (χ0n) is 12.6. The lowest BCUT2D eigenvalue weighted by molar-refractivity contribution is -0.133. The lowest BCUT2D eigenvalue weighted by Gasteiger charge is -2.34. The number of benzene rings is 1. The molecule has 0 radical (unpaired) electrons. The molecule has 0 aliphatic carbocycles. The molecule has 5 heteroatoms. The van der Waals surface area contributed by atoms with Gasteiger partial charge < -0.3 is 19.4 Å². The maximum Gasteiger partial charge on any atom is 0.220 e. The van der Waals surface area contributed by atoms with Gasteiger partial charge in [-0.15, -0.1) is 0 Å². The Morgan fingerprint density at radius 2 is 2.24 bits per heavy atom. The van der Waals surface area contributed by atoms with E-state index in [9.17, 15) is 4.79 Å². The molecule has 0 bridgehead atoms. The number of carbonyl (C=O) groups is 1. The maximum absolute atomic E-state index is 11.8. The first kappa shape index (κ1) is 13.9. The fourth-order valence-corrected chi connectivity index (χ4v) is 3.18. The largest absolute Gasteiger partial charge is 0.497 e. The van der Waals surface area contributed by atoms with Crippen LogP contribution in [0.3, 0.4) is 0 Å². The molecule has 1 aromatic heterocycles. The highest BCUT2D eigenvalue weighted by molar-refractivity contribution is 5.87. The zero-order valence-corrected chi connectivity index (χ0v) is 12.6. The van der Waals surface area contributed by atoms with Crippen molar-refractivity contribution in [3.8, 4) is 5.75 Å². The molecule has 0 saturated heterocycles. The van der Waals surface area contributed by atoms with Gasteiger partial charge in [-0.3, -0.25) is 4.79 Å². The molecule has 0 fully saturated rings. The van der Waals surface area contributed by atoms with E-state index in [-0.39, 0.29) is 11.9 Å². The molecule has 1 aliphatic heterocycles. The predicted octanol–water partition coefficient (Wildman–Crippen LogP) is 2.27. The van der Waals surface area contributed by atoms with Crippen LogP contribution in [0.5, 0.6) is 5.75 Å². The predicted molar refractivity (Wildman–Crippen MR) is 80.6 cm³/mol. The minimum absolute atomic E-state index is 0.0466. The van der Waals surface area contributed by atoms with E-state index in [2.05, 4.69) is 11.1 Å². The van der Waals surface area contributed by atoms with Gasteiger partial charge in [0.25, 0.3) is 0 Å². The summed E-state index contributed by atoms with van der Waals surface area (Å²) in [6.45, 7) is 2.83. The van der Waals surface area contributed by atoms with Crippen LogP contribution in [0, 0.1) is 0 Å². The summed E-state index contributed by atoms with van der Waals surface area (Å²) in [6.07, 6.45) is 0.849. The topological polar surface area (TPSA) is 54.6 Å². The van der Waals surface area contributed by atoms with Crippen molar-refractivity contribution in [2.75, 3.05) is 27.4 Å². The number of H-pyrrole nitrogens is 1. The third-order valence-electron chi connectivity index (χ3n) is 4.19. The van der Waals surface area contributed by atoms with Crippen LogP contribution < -0.4 is 4.74 Å². The van der Waals surface area contributed by atoms with E-state index in [0.29, 0.717) is 6.61 Å². The van der Waals surface area contributed by atoms with Gasteiger partial charge in [-0.05, 0) is 30.2 Å². The molecule has 21 heavy (non-hydrogen) atoms. The summed E-state index contributed by atoms with van der Waals surface area (Å²) in [5.41, 5.74) is 3.43. The lowest BCUT2D eigenvalue weighted by atomic mass is 9.97. The molecule has 5 nitrogen and oxygen atoms in total. The van der Waals surface area contributed by atoms with Crippen molar-refractivity contribution in [1.82, 2.24) is 9.88 Å². The van der Waals surface area contributed by atoms with E-state index < -0.39 is 0 Å². The SMILES string of the molecule is COCC1c2[nH]c3ccc(OC)cc3c2CCN1C(C)=O. The monoisotopic (exact) mass is 288 g/mol. The number of methoxy groups -OCH3 is 2. The van der Waals surface area contributed by atoms with E-state index in [0.717, 1.165) is 29.9 Å². The summed E-state index contributed by atoms with van der Waals surface area (Å²) in [7, 11) is 3.34. The number of carbonyl (C=O) groups excluding carboxylic acids is 1. The number of nitrogens with zero attached hydrogens (tertiary/aromatic N) is 1. The highest BCUT2D eigenvalue weighted by atomic mass is 16.5. The Balaban J connectivity index is 2.12. The van der Waals surface area contributed by atoms with Crippen molar-refractivity contribution in [3.63, 3.8) is 0 Å². The standard InChI is InChI=1S/C16H20N2O3/c1-10(19)18-7-6-12-13-8-11(21-3)4-5-14(13)17-16(12)15(18)9-20-2/h4-5,8,15,17H,6-7,9H2,1-3H3. The van der Waals surface area contributed by atoms with Crippen LogP contribution in [0.1, 0.15) is 24.2 Å². The van der Waals surface area contributed by atoms with Crippen LogP contribution in [0.4, 0.5) is 0 Å². The van der Waals surface area contributed by atoms with Gasteiger partial charge in [-0.2, -0.15) is 0 Å². The maximum atomic E-state index is 11.8. The molecular formula is C16H20N2O3. The van der Waals surface area contributed by atoms with Crippen molar-refractivity contribution in [2.45, 2.75) is 19.4 Å². The van der Waals surface area contributed by atoms with Crippen LogP contribution in [0.25, 0.3) is 10.9 Å². The Morgan fingerprint density at radius 1 is 1.43 bits per heavy atom. The number of aromatic amines is 1. The zero-order chi connectivity index (χ0) is 15.0. The summed E-state index contributed by atoms with van der Waals surface area (Å²) < 4.78 is 10.6. The Bertz CT molecular complexity index is 677. The molecular weight excluding hydrogens is 268 g/mol. The number of hydrogen-bond donors (Lipinski definition) is 1. The first-order valence-corrected chi connectivity index (χ1v) is 7.10. The van der Waals surface area contributed by atoms with Gasteiger partial charge in [0.2, 0.25) is 5.91 Å². The fourth-order valence-electron chi connectivity index (χ4n) is 3.18. The number of ether oxygens (including phenoxy) is 2. The van der Waals surface area contributed by atoms with Gasteiger partial charge in [0.15, 0.2) is 0 Å². The molecule has 1 aliphatic rings. The van der Waals surface area contributed by atoms with Crippen molar-refractivity contribution in [2.24, 2.45) is 0 Å². The number of hydrogen-bond acceptors (Lipinski definition) is 3. The van der Waals surface area contributed by atoms with Gasteiger partial charge in [0, 0.05) is 37.2 Å². The molecule has 1 amide bonds. The minimum atomic E-state index is -0.0466. The summed E-state index contributed by atoms with van der Waals surface area (Å²) in [4.78, 5) is 17.2. The van der Waals surface area contributed by atoms with E-state index in [4.69, 9.17) is 9.47 Å². The second-order valence-corrected chi connectivity index (χ2v) is 5.36. The normalized spacial score (nSPS) is 17.9. The lowest BCUT2D eigenvalue weighted by Crippen LogP contribution is -2.40. The average Bonchev–Trinajstić information content (AvgIpc) is 2.85. The molecule has 1 atom stereocenters. The molecule has 2 aromatic rings. The third kappa shape index (κ3) is 2.27. The number of nitrogens with one attached hydrogen (secondary N) is 1. The number of amides is 1. The van der Waals surface area contributed by atoms with E-state index >= 15 is 0 Å². The van der Waals surface area contributed by atoms with E-state index in [1.807, 2.05) is 17.0 Å². The van der Waals surface area contributed by atoms with Crippen molar-refractivity contribution >= 4 is 16.8 Å². The molecule has 1 aromatic carbocycles. The molecule has 1 unspecified atom stereocenters. The van der Waals surface area contributed by atoms with Gasteiger partial charge in [0.1, 0.15) is 5.75 Å². The Labute approximate surface area is 123 Å². The summed E-state index contributed by atoms with van der Waals surface area (Å²) in [5.74, 6) is 0.931. The molecule has 112 valence electrons. The van der Waals surface area contributed by atoms with E-state index in [1.165, 1.54) is 10.9 Å². The van der Waals surface area contributed by atoms with Crippen LogP contribution in [-0.2, 0) is 16.0 Å². The number of fused-ring (bicyclic) bond motifs is 3. The minimum Gasteiger partial charge on any atom is -0.497 e. The van der Waals surface area contributed by atoms with Gasteiger partial charge >= 0.3 is 0 Å². The highest BCUT2D eigenvalue weighted by Gasteiger charge is 2.31. The molecule has 0 saturated carbocycles. The Hall–Kier alpha value is -2.01. The smallest absolute Gasteiger partial charge is 0.220 e. The number of aromatic nitrogens is 1. The van der Waals surface area contributed by atoms with Crippen LogP contribution in [0.15, 0.2) is 18.2 Å². The second kappa shape index (κ2) is 5.41.